The van der Waals surface area contributed by atoms with E-state index in [2.05, 4.69) is 43.9 Å². The molecular weight excluding hydrogens is 242 g/mol. The Kier molecular flexibility index (Phi) is 3.64. The second kappa shape index (κ2) is 4.93. The van der Waals surface area contributed by atoms with E-state index in [1.807, 2.05) is 6.92 Å². The predicted molar refractivity (Wildman–Crippen MR) is 69.1 cm³/mol. The number of hydrogen-bond acceptors (Lipinski definition) is 5. The fourth-order valence-electron chi connectivity index (χ4n) is 2.57. The smallest absolute Gasteiger partial charge is 0.231 e. The lowest BCUT2D eigenvalue weighted by Gasteiger charge is -2.16. The van der Waals surface area contributed by atoms with E-state index < -0.39 is 0 Å². The van der Waals surface area contributed by atoms with Gasteiger partial charge in [-0.1, -0.05) is 32.9 Å². The van der Waals surface area contributed by atoms with Crippen LogP contribution in [-0.4, -0.2) is 16.7 Å². The van der Waals surface area contributed by atoms with Gasteiger partial charge in [-0.15, -0.1) is 0 Å². The molecule has 0 aromatic carbocycles. The van der Waals surface area contributed by atoms with Gasteiger partial charge in [-0.2, -0.15) is 10.2 Å². The lowest BCUT2D eigenvalue weighted by molar-refractivity contribution is 0.0217. The molecule has 104 valence electrons. The van der Waals surface area contributed by atoms with E-state index in [0.717, 1.165) is 0 Å². The van der Waals surface area contributed by atoms with E-state index in [0.29, 0.717) is 18.3 Å². The van der Waals surface area contributed by atoms with Gasteiger partial charge in [0.05, 0.1) is 17.9 Å². The maximum atomic E-state index is 9.10. The van der Waals surface area contributed by atoms with Crippen LogP contribution in [0.1, 0.15) is 58.4 Å². The predicted octanol–water partition coefficient (Wildman–Crippen LogP) is 3.07. The number of nitriles is 1. The Balaban J connectivity index is 2.18. The standard InChI is InChI=1S/C14H21N3O2/c1-6-18-11(8(2)3)12-16-13(19-17-12)10-9(7-15)14(10,4)5/h8-11H,6H2,1-5H3. The average molecular weight is 263 g/mol. The molecule has 2 rings (SSSR count). The molecule has 1 heterocycles. The van der Waals surface area contributed by atoms with Gasteiger partial charge >= 0.3 is 0 Å². The largest absolute Gasteiger partial charge is 0.370 e. The van der Waals surface area contributed by atoms with Crippen molar-refractivity contribution in [2.24, 2.45) is 17.3 Å². The zero-order chi connectivity index (χ0) is 14.2. The van der Waals surface area contributed by atoms with Gasteiger partial charge in [0.15, 0.2) is 0 Å². The van der Waals surface area contributed by atoms with Crippen LogP contribution >= 0.6 is 0 Å². The summed E-state index contributed by atoms with van der Waals surface area (Å²) < 4.78 is 11.0. The van der Waals surface area contributed by atoms with Crippen LogP contribution in [0, 0.1) is 28.6 Å². The normalized spacial score (nSPS) is 26.2. The Bertz CT molecular complexity index is 487. The van der Waals surface area contributed by atoms with Crippen LogP contribution in [0.4, 0.5) is 0 Å². The van der Waals surface area contributed by atoms with Gasteiger partial charge in [-0.3, -0.25) is 0 Å². The molecule has 19 heavy (non-hydrogen) atoms. The van der Waals surface area contributed by atoms with Crippen molar-refractivity contribution in [2.45, 2.75) is 46.6 Å². The third-order valence-electron chi connectivity index (χ3n) is 3.90. The molecule has 1 aromatic rings. The fraction of sp³-hybridized carbons (Fsp3) is 0.786. The van der Waals surface area contributed by atoms with E-state index in [1.165, 1.54) is 0 Å². The van der Waals surface area contributed by atoms with Crippen molar-refractivity contribution in [3.05, 3.63) is 11.7 Å². The summed E-state index contributed by atoms with van der Waals surface area (Å²) in [5, 5.41) is 13.1. The number of nitrogens with zero attached hydrogens (tertiary/aromatic N) is 3. The molecule has 0 bridgehead atoms. The Hall–Kier alpha value is -1.41. The van der Waals surface area contributed by atoms with Crippen molar-refractivity contribution in [3.8, 4) is 6.07 Å². The summed E-state index contributed by atoms with van der Waals surface area (Å²) >= 11 is 0. The molecule has 1 fully saturated rings. The van der Waals surface area contributed by atoms with E-state index in [-0.39, 0.29) is 29.3 Å². The van der Waals surface area contributed by atoms with Gasteiger partial charge in [0.2, 0.25) is 11.7 Å². The van der Waals surface area contributed by atoms with E-state index in [4.69, 9.17) is 14.5 Å². The molecule has 0 spiro atoms. The molecule has 3 atom stereocenters. The van der Waals surface area contributed by atoms with Crippen LogP contribution in [0.25, 0.3) is 0 Å². The summed E-state index contributed by atoms with van der Waals surface area (Å²) in [4.78, 5) is 4.45. The van der Waals surface area contributed by atoms with Gasteiger partial charge in [0, 0.05) is 6.61 Å². The highest BCUT2D eigenvalue weighted by Crippen LogP contribution is 2.63. The van der Waals surface area contributed by atoms with Crippen LogP contribution in [0.15, 0.2) is 4.52 Å². The summed E-state index contributed by atoms with van der Waals surface area (Å²) in [6.07, 6.45) is -0.148. The summed E-state index contributed by atoms with van der Waals surface area (Å²) in [6.45, 7) is 10.8. The minimum Gasteiger partial charge on any atom is -0.370 e. The monoisotopic (exact) mass is 263 g/mol. The zero-order valence-corrected chi connectivity index (χ0v) is 12.2. The van der Waals surface area contributed by atoms with Gasteiger partial charge in [-0.05, 0) is 18.3 Å². The highest BCUT2D eigenvalue weighted by atomic mass is 16.5. The van der Waals surface area contributed by atoms with Crippen molar-refractivity contribution in [1.29, 1.82) is 5.26 Å². The van der Waals surface area contributed by atoms with Crippen molar-refractivity contribution in [3.63, 3.8) is 0 Å². The van der Waals surface area contributed by atoms with E-state index in [9.17, 15) is 0 Å². The van der Waals surface area contributed by atoms with Crippen molar-refractivity contribution >= 4 is 0 Å². The number of rotatable bonds is 5. The molecule has 1 aliphatic rings. The first kappa shape index (κ1) is 14.0. The maximum Gasteiger partial charge on any atom is 0.231 e. The van der Waals surface area contributed by atoms with Crippen LogP contribution in [0.2, 0.25) is 0 Å². The first-order valence-electron chi connectivity index (χ1n) is 6.78. The molecule has 0 N–H and O–H groups in total. The van der Waals surface area contributed by atoms with Gasteiger partial charge < -0.3 is 9.26 Å². The Morgan fingerprint density at radius 2 is 2.16 bits per heavy atom. The Morgan fingerprint density at radius 1 is 1.47 bits per heavy atom. The third kappa shape index (κ3) is 2.37. The van der Waals surface area contributed by atoms with Crippen LogP contribution in [0.5, 0.6) is 0 Å². The second-order valence-corrected chi connectivity index (χ2v) is 6.02. The molecule has 1 saturated carbocycles. The number of ether oxygens (including phenoxy) is 1. The third-order valence-corrected chi connectivity index (χ3v) is 3.90. The molecule has 0 amide bonds. The molecule has 0 saturated heterocycles. The summed E-state index contributed by atoms with van der Waals surface area (Å²) in [5.74, 6) is 1.45. The topological polar surface area (TPSA) is 71.9 Å². The molecule has 1 aromatic heterocycles. The van der Waals surface area contributed by atoms with Gasteiger partial charge in [0.1, 0.15) is 6.10 Å². The SMILES string of the molecule is CCOC(c1noc(C2C(C#N)C2(C)C)n1)C(C)C. The molecule has 5 nitrogen and oxygen atoms in total. The van der Waals surface area contributed by atoms with Crippen LogP contribution in [0.3, 0.4) is 0 Å². The minimum atomic E-state index is -0.148. The lowest BCUT2D eigenvalue weighted by Crippen LogP contribution is -2.12. The molecular formula is C14H21N3O2. The molecule has 3 unspecified atom stereocenters. The average Bonchev–Trinajstić information content (AvgIpc) is 2.72. The second-order valence-electron chi connectivity index (χ2n) is 6.02. The number of hydrogen-bond donors (Lipinski definition) is 0. The van der Waals surface area contributed by atoms with Crippen molar-refractivity contribution in [1.82, 2.24) is 10.1 Å². The first-order chi connectivity index (χ1) is 8.93. The molecule has 5 heteroatoms. The van der Waals surface area contributed by atoms with E-state index in [1.54, 1.807) is 0 Å². The number of aromatic nitrogens is 2. The van der Waals surface area contributed by atoms with Crippen molar-refractivity contribution < 1.29 is 9.26 Å². The van der Waals surface area contributed by atoms with Gasteiger partial charge in [0.25, 0.3) is 0 Å². The Labute approximate surface area is 113 Å². The summed E-state index contributed by atoms with van der Waals surface area (Å²) in [7, 11) is 0. The van der Waals surface area contributed by atoms with Crippen LogP contribution < -0.4 is 0 Å². The Morgan fingerprint density at radius 3 is 2.63 bits per heavy atom. The zero-order valence-electron chi connectivity index (χ0n) is 12.2. The van der Waals surface area contributed by atoms with Gasteiger partial charge in [-0.25, -0.2) is 0 Å². The van der Waals surface area contributed by atoms with E-state index >= 15 is 0 Å². The molecule has 0 aliphatic heterocycles. The highest BCUT2D eigenvalue weighted by molar-refractivity contribution is 5.26. The molecule has 0 radical (unpaired) electrons. The summed E-state index contributed by atoms with van der Waals surface area (Å²) in [6, 6.07) is 2.31. The first-order valence-corrected chi connectivity index (χ1v) is 6.78. The fourth-order valence-corrected chi connectivity index (χ4v) is 2.57. The highest BCUT2D eigenvalue weighted by Gasteiger charge is 2.62. The van der Waals surface area contributed by atoms with Crippen molar-refractivity contribution in [2.75, 3.05) is 6.61 Å². The lowest BCUT2D eigenvalue weighted by atomic mass is 10.1. The quantitative estimate of drug-likeness (QED) is 0.816. The summed E-state index contributed by atoms with van der Waals surface area (Å²) in [5.41, 5.74) is -0.0719. The maximum absolute atomic E-state index is 9.10. The van der Waals surface area contributed by atoms with Crippen LogP contribution in [-0.2, 0) is 4.74 Å². The minimum absolute atomic E-state index is 0.0367. The molecule has 1 aliphatic carbocycles.